The van der Waals surface area contributed by atoms with Gasteiger partial charge in [-0.25, -0.2) is 5.06 Å². The van der Waals surface area contributed by atoms with E-state index in [-0.39, 0.29) is 5.91 Å². The lowest BCUT2D eigenvalue weighted by molar-refractivity contribution is -0.0759. The van der Waals surface area contributed by atoms with Crippen molar-refractivity contribution in [3.05, 3.63) is 72.6 Å². The number of aromatic amines is 1. The predicted octanol–water partition coefficient (Wildman–Crippen LogP) is 3.98. The van der Waals surface area contributed by atoms with E-state index in [1.165, 1.54) is 12.2 Å². The fourth-order valence-corrected chi connectivity index (χ4v) is 2.58. The Hall–Kier alpha value is -2.85. The smallest absolute Gasteiger partial charge is 0.294 e. The molecule has 116 valence electrons. The van der Waals surface area contributed by atoms with Gasteiger partial charge in [0.2, 0.25) is 0 Å². The Balaban J connectivity index is 2.19. The summed E-state index contributed by atoms with van der Waals surface area (Å²) < 4.78 is 0. The van der Waals surface area contributed by atoms with Crippen LogP contribution in [0.5, 0.6) is 0 Å². The maximum Gasteiger partial charge on any atom is 0.294 e. The van der Waals surface area contributed by atoms with E-state index in [9.17, 15) is 4.79 Å². The number of carbonyl (C=O) groups is 1. The fourth-order valence-electron chi connectivity index (χ4n) is 2.58. The van der Waals surface area contributed by atoms with E-state index in [4.69, 9.17) is 4.84 Å². The van der Waals surface area contributed by atoms with Crippen LogP contribution < -0.4 is 0 Å². The summed E-state index contributed by atoms with van der Waals surface area (Å²) in [6, 6.07) is 19.9. The molecule has 0 saturated carbocycles. The van der Waals surface area contributed by atoms with Gasteiger partial charge in [-0.15, -0.1) is 0 Å². The molecular formula is C19H18N2O2. The van der Waals surface area contributed by atoms with Crippen molar-refractivity contribution in [2.45, 2.75) is 0 Å². The Morgan fingerprint density at radius 3 is 2.09 bits per heavy atom. The lowest BCUT2D eigenvalue weighted by Crippen LogP contribution is -2.26. The third-order valence-corrected chi connectivity index (χ3v) is 3.80. The Bertz CT molecular complexity index is 795. The number of rotatable bonds is 4. The summed E-state index contributed by atoms with van der Waals surface area (Å²) in [5, 5.41) is 1.22. The van der Waals surface area contributed by atoms with E-state index in [1.807, 2.05) is 66.9 Å². The van der Waals surface area contributed by atoms with E-state index < -0.39 is 0 Å². The molecule has 1 aromatic heterocycles. The molecular weight excluding hydrogens is 288 g/mol. The molecule has 23 heavy (non-hydrogen) atoms. The first-order valence-corrected chi connectivity index (χ1v) is 7.36. The number of amides is 1. The van der Waals surface area contributed by atoms with Crippen molar-refractivity contribution in [1.29, 1.82) is 0 Å². The van der Waals surface area contributed by atoms with Crippen LogP contribution in [-0.2, 0) is 4.84 Å². The van der Waals surface area contributed by atoms with Gasteiger partial charge in [0.25, 0.3) is 5.91 Å². The highest BCUT2D eigenvalue weighted by molar-refractivity contribution is 6.03. The van der Waals surface area contributed by atoms with Gasteiger partial charge in [0.15, 0.2) is 0 Å². The Labute approximate surface area is 135 Å². The highest BCUT2D eigenvalue weighted by Crippen LogP contribution is 2.35. The van der Waals surface area contributed by atoms with Crippen molar-refractivity contribution < 1.29 is 9.63 Å². The minimum atomic E-state index is -0.214. The van der Waals surface area contributed by atoms with E-state index in [0.717, 1.165) is 22.3 Å². The molecule has 2 aromatic carbocycles. The van der Waals surface area contributed by atoms with E-state index in [0.29, 0.717) is 5.69 Å². The van der Waals surface area contributed by atoms with Crippen molar-refractivity contribution in [3.63, 3.8) is 0 Å². The van der Waals surface area contributed by atoms with Crippen LogP contribution in [-0.4, -0.2) is 30.1 Å². The topological polar surface area (TPSA) is 45.3 Å². The fraction of sp³-hybridized carbons (Fsp3) is 0.105. The van der Waals surface area contributed by atoms with Crippen molar-refractivity contribution in [2.24, 2.45) is 0 Å². The standard InChI is InChI=1S/C19H18N2O2/c1-21(23-2)19(22)18-17(15-11-7-4-8-12-15)16(13-20-18)14-9-5-3-6-10-14/h3-13,20H,1-2H3. The Morgan fingerprint density at radius 2 is 1.52 bits per heavy atom. The molecule has 1 amide bonds. The minimum absolute atomic E-state index is 0.214. The normalized spacial score (nSPS) is 10.5. The summed E-state index contributed by atoms with van der Waals surface area (Å²) in [7, 11) is 3.07. The second kappa shape index (κ2) is 6.50. The van der Waals surface area contributed by atoms with Crippen LogP contribution in [0.2, 0.25) is 0 Å². The van der Waals surface area contributed by atoms with Gasteiger partial charge in [0, 0.05) is 24.4 Å². The van der Waals surface area contributed by atoms with Gasteiger partial charge < -0.3 is 4.98 Å². The highest BCUT2D eigenvalue weighted by Gasteiger charge is 2.22. The maximum atomic E-state index is 12.6. The number of nitrogens with zero attached hydrogens (tertiary/aromatic N) is 1. The average Bonchev–Trinajstić information content (AvgIpc) is 3.06. The van der Waals surface area contributed by atoms with Gasteiger partial charge >= 0.3 is 0 Å². The van der Waals surface area contributed by atoms with Gasteiger partial charge in [-0.3, -0.25) is 9.63 Å². The molecule has 0 bridgehead atoms. The second-order valence-corrected chi connectivity index (χ2v) is 5.17. The molecule has 4 heteroatoms. The molecule has 4 nitrogen and oxygen atoms in total. The van der Waals surface area contributed by atoms with Gasteiger partial charge in [0.05, 0.1) is 7.11 Å². The number of nitrogens with one attached hydrogen (secondary N) is 1. The number of hydroxylamine groups is 2. The number of H-pyrrole nitrogens is 1. The van der Waals surface area contributed by atoms with Crippen LogP contribution in [0.3, 0.4) is 0 Å². The summed E-state index contributed by atoms with van der Waals surface area (Å²) in [5.41, 5.74) is 4.43. The molecule has 0 atom stereocenters. The van der Waals surface area contributed by atoms with E-state index in [2.05, 4.69) is 4.98 Å². The molecule has 0 radical (unpaired) electrons. The Kier molecular flexibility index (Phi) is 4.26. The molecule has 1 heterocycles. The average molecular weight is 306 g/mol. The van der Waals surface area contributed by atoms with Crippen LogP contribution >= 0.6 is 0 Å². The zero-order valence-electron chi connectivity index (χ0n) is 13.1. The van der Waals surface area contributed by atoms with Crippen LogP contribution in [0, 0.1) is 0 Å². The summed E-state index contributed by atoms with van der Waals surface area (Å²) in [6.45, 7) is 0. The molecule has 0 aliphatic heterocycles. The molecule has 0 fully saturated rings. The van der Waals surface area contributed by atoms with E-state index in [1.54, 1.807) is 7.05 Å². The molecule has 0 saturated heterocycles. The Morgan fingerprint density at radius 1 is 0.957 bits per heavy atom. The van der Waals surface area contributed by atoms with Crippen molar-refractivity contribution in [2.75, 3.05) is 14.2 Å². The van der Waals surface area contributed by atoms with Gasteiger partial charge in [-0.05, 0) is 11.1 Å². The molecule has 0 unspecified atom stereocenters. The van der Waals surface area contributed by atoms with Crippen molar-refractivity contribution in [1.82, 2.24) is 10.0 Å². The van der Waals surface area contributed by atoms with E-state index >= 15 is 0 Å². The first-order chi connectivity index (χ1) is 11.2. The molecule has 1 N–H and O–H groups in total. The number of carbonyl (C=O) groups excluding carboxylic acids is 1. The van der Waals surface area contributed by atoms with Gasteiger partial charge in [-0.2, -0.15) is 0 Å². The van der Waals surface area contributed by atoms with Crippen molar-refractivity contribution in [3.8, 4) is 22.3 Å². The number of benzene rings is 2. The van der Waals surface area contributed by atoms with Gasteiger partial charge in [0.1, 0.15) is 5.69 Å². The monoisotopic (exact) mass is 306 g/mol. The summed E-state index contributed by atoms with van der Waals surface area (Å²) >= 11 is 0. The SMILES string of the molecule is CON(C)C(=O)c1[nH]cc(-c2ccccc2)c1-c1ccccc1. The minimum Gasteiger partial charge on any atom is -0.356 e. The predicted molar refractivity (Wildman–Crippen MR) is 90.8 cm³/mol. The third-order valence-electron chi connectivity index (χ3n) is 3.80. The van der Waals surface area contributed by atoms with Gasteiger partial charge in [-0.1, -0.05) is 60.7 Å². The molecule has 0 aliphatic carbocycles. The van der Waals surface area contributed by atoms with Crippen LogP contribution in [0.25, 0.3) is 22.3 Å². The summed E-state index contributed by atoms with van der Waals surface area (Å²) in [6.07, 6.45) is 1.87. The molecule has 3 rings (SSSR count). The molecule has 0 aliphatic rings. The zero-order chi connectivity index (χ0) is 16.2. The largest absolute Gasteiger partial charge is 0.356 e. The number of aromatic nitrogens is 1. The van der Waals surface area contributed by atoms with Crippen LogP contribution in [0.4, 0.5) is 0 Å². The first kappa shape index (κ1) is 15.1. The maximum absolute atomic E-state index is 12.6. The third kappa shape index (κ3) is 2.89. The second-order valence-electron chi connectivity index (χ2n) is 5.17. The summed E-state index contributed by atoms with van der Waals surface area (Å²) in [4.78, 5) is 20.7. The van der Waals surface area contributed by atoms with Crippen molar-refractivity contribution >= 4 is 5.91 Å². The number of hydrogen-bond donors (Lipinski definition) is 1. The quantitative estimate of drug-likeness (QED) is 0.741. The molecule has 0 spiro atoms. The highest BCUT2D eigenvalue weighted by atomic mass is 16.7. The lowest BCUT2D eigenvalue weighted by Gasteiger charge is -2.14. The number of hydrogen-bond acceptors (Lipinski definition) is 2. The molecule has 3 aromatic rings. The zero-order valence-corrected chi connectivity index (χ0v) is 13.1. The van der Waals surface area contributed by atoms with Crippen LogP contribution in [0.15, 0.2) is 66.9 Å². The first-order valence-electron chi connectivity index (χ1n) is 7.36. The van der Waals surface area contributed by atoms with Crippen LogP contribution in [0.1, 0.15) is 10.5 Å². The lowest BCUT2D eigenvalue weighted by atomic mass is 9.96. The summed E-state index contributed by atoms with van der Waals surface area (Å²) in [5.74, 6) is -0.214.